The van der Waals surface area contributed by atoms with Crippen LogP contribution in [0.25, 0.3) is 0 Å². The lowest BCUT2D eigenvalue weighted by molar-refractivity contribution is -0.138. The minimum Gasteiger partial charge on any atom is -0.481 e. The first-order valence-corrected chi connectivity index (χ1v) is 9.33. The second-order valence-electron chi connectivity index (χ2n) is 6.55. The van der Waals surface area contributed by atoms with E-state index in [0.29, 0.717) is 12.8 Å². The number of carboxylic acids is 2. The monoisotopic (exact) mass is 370 g/mol. The number of aliphatic carboxylic acids is 2. The first kappa shape index (κ1) is 20.5. The minimum atomic E-state index is -0.773. The summed E-state index contributed by atoms with van der Waals surface area (Å²) in [4.78, 5) is 21.4. The molecule has 0 unspecified atom stereocenters. The third kappa shape index (κ3) is 7.94. The van der Waals surface area contributed by atoms with E-state index in [2.05, 4.69) is 0 Å². The number of ether oxygens (including phenoxy) is 1. The van der Waals surface area contributed by atoms with Gasteiger partial charge in [-0.1, -0.05) is 24.3 Å². The minimum absolute atomic E-state index is 0.175. The summed E-state index contributed by atoms with van der Waals surface area (Å²) in [7, 11) is 0. The zero-order valence-electron chi connectivity index (χ0n) is 15.4. The topological polar surface area (TPSA) is 83.8 Å². The van der Waals surface area contributed by atoms with Crippen molar-refractivity contribution in [1.82, 2.24) is 0 Å². The molecule has 0 aliphatic rings. The predicted octanol–water partition coefficient (Wildman–Crippen LogP) is 5.07. The molecule has 0 aliphatic heterocycles. The lowest BCUT2D eigenvalue weighted by Gasteiger charge is -2.13. The first-order chi connectivity index (χ1) is 13.0. The zero-order valence-corrected chi connectivity index (χ0v) is 15.4. The highest BCUT2D eigenvalue weighted by molar-refractivity contribution is 5.66. The van der Waals surface area contributed by atoms with Gasteiger partial charge in [0.25, 0.3) is 0 Å². The average molecular weight is 370 g/mol. The number of hydrogen-bond donors (Lipinski definition) is 2. The Bertz CT molecular complexity index is 740. The van der Waals surface area contributed by atoms with Gasteiger partial charge >= 0.3 is 11.9 Å². The predicted molar refractivity (Wildman–Crippen MR) is 103 cm³/mol. The van der Waals surface area contributed by atoms with Gasteiger partial charge in [-0.25, -0.2) is 0 Å². The summed E-state index contributed by atoms with van der Waals surface area (Å²) in [5.74, 6) is -0.0205. The number of carbonyl (C=O) groups is 2. The largest absolute Gasteiger partial charge is 0.481 e. The molecule has 0 aromatic heterocycles. The number of unbranched alkanes of at least 4 members (excludes halogenated alkanes) is 2. The van der Waals surface area contributed by atoms with Gasteiger partial charge in [-0.2, -0.15) is 0 Å². The van der Waals surface area contributed by atoms with Gasteiger partial charge in [0, 0.05) is 12.8 Å². The summed E-state index contributed by atoms with van der Waals surface area (Å²) >= 11 is 0. The molecule has 0 heterocycles. The lowest BCUT2D eigenvalue weighted by atomic mass is 9.96. The van der Waals surface area contributed by atoms with Crippen LogP contribution in [-0.2, 0) is 22.4 Å². The van der Waals surface area contributed by atoms with E-state index in [1.54, 1.807) is 0 Å². The Balaban J connectivity index is 2.03. The molecular weight excluding hydrogens is 344 g/mol. The van der Waals surface area contributed by atoms with Crippen LogP contribution in [0.2, 0.25) is 0 Å². The molecule has 0 aliphatic carbocycles. The van der Waals surface area contributed by atoms with Crippen molar-refractivity contribution in [3.05, 3.63) is 59.7 Å². The number of rotatable bonds is 12. The maximum atomic E-state index is 10.7. The van der Waals surface area contributed by atoms with Gasteiger partial charge in [0.15, 0.2) is 0 Å². The Morgan fingerprint density at radius 3 is 1.89 bits per heavy atom. The number of para-hydroxylation sites is 1. The molecule has 0 spiro atoms. The van der Waals surface area contributed by atoms with Gasteiger partial charge < -0.3 is 14.9 Å². The molecule has 0 radical (unpaired) electrons. The Kier molecular flexibility index (Phi) is 8.36. The molecule has 0 bridgehead atoms. The fourth-order valence-electron chi connectivity index (χ4n) is 2.95. The molecule has 27 heavy (non-hydrogen) atoms. The highest BCUT2D eigenvalue weighted by atomic mass is 16.5. The molecule has 2 rings (SSSR count). The van der Waals surface area contributed by atoms with Crippen LogP contribution >= 0.6 is 0 Å². The second kappa shape index (κ2) is 11.0. The zero-order chi connectivity index (χ0) is 19.5. The molecule has 0 atom stereocenters. The molecule has 0 fully saturated rings. The molecule has 0 saturated heterocycles. The third-order valence-electron chi connectivity index (χ3n) is 4.33. The highest BCUT2D eigenvalue weighted by Crippen LogP contribution is 2.26. The number of hydrogen-bond acceptors (Lipinski definition) is 3. The van der Waals surface area contributed by atoms with E-state index in [1.807, 2.05) is 48.5 Å². The molecule has 0 amide bonds. The van der Waals surface area contributed by atoms with Crippen LogP contribution in [0.3, 0.4) is 0 Å². The van der Waals surface area contributed by atoms with Crippen molar-refractivity contribution in [2.75, 3.05) is 0 Å². The van der Waals surface area contributed by atoms with E-state index >= 15 is 0 Å². The van der Waals surface area contributed by atoms with Crippen molar-refractivity contribution in [3.63, 3.8) is 0 Å². The lowest BCUT2D eigenvalue weighted by Crippen LogP contribution is -2.00. The fourth-order valence-corrected chi connectivity index (χ4v) is 2.95. The smallest absolute Gasteiger partial charge is 0.303 e. The summed E-state index contributed by atoms with van der Waals surface area (Å²) in [5, 5.41) is 17.6. The van der Waals surface area contributed by atoms with Crippen LogP contribution in [0.4, 0.5) is 0 Å². The quantitative estimate of drug-likeness (QED) is 0.509. The van der Waals surface area contributed by atoms with Crippen LogP contribution in [0, 0.1) is 0 Å². The maximum Gasteiger partial charge on any atom is 0.303 e. The van der Waals surface area contributed by atoms with Crippen molar-refractivity contribution in [1.29, 1.82) is 0 Å². The van der Waals surface area contributed by atoms with Crippen LogP contribution in [-0.4, -0.2) is 22.2 Å². The Hall–Kier alpha value is -2.82. The summed E-state index contributed by atoms with van der Waals surface area (Å²) < 4.78 is 5.90. The molecular formula is C22H26O5. The molecule has 0 saturated carbocycles. The van der Waals surface area contributed by atoms with Crippen molar-refractivity contribution in [3.8, 4) is 11.5 Å². The molecule has 5 nitrogen and oxygen atoms in total. The standard InChI is InChI=1S/C22H26O5/c23-21(24)12-6-4-8-17-14-15-20(27-19-10-2-1-3-11-19)16-18(17)9-5-7-13-22(25)26/h1-3,10-11,14-16H,4-9,12-13H2,(H,23,24)(H,25,26). The van der Waals surface area contributed by atoms with Crippen LogP contribution in [0.1, 0.15) is 49.7 Å². The number of aryl methyl sites for hydroxylation is 2. The van der Waals surface area contributed by atoms with E-state index in [-0.39, 0.29) is 12.8 Å². The van der Waals surface area contributed by atoms with Gasteiger partial charge in [-0.3, -0.25) is 9.59 Å². The van der Waals surface area contributed by atoms with E-state index < -0.39 is 11.9 Å². The van der Waals surface area contributed by atoms with E-state index in [1.165, 1.54) is 5.56 Å². The second-order valence-corrected chi connectivity index (χ2v) is 6.55. The van der Waals surface area contributed by atoms with Crippen LogP contribution < -0.4 is 4.74 Å². The van der Waals surface area contributed by atoms with Crippen molar-refractivity contribution in [2.24, 2.45) is 0 Å². The number of carboxylic acid groups (broad SMARTS) is 2. The summed E-state index contributed by atoms with van der Waals surface area (Å²) in [5.41, 5.74) is 2.32. The molecule has 5 heteroatoms. The first-order valence-electron chi connectivity index (χ1n) is 9.33. The van der Waals surface area contributed by atoms with E-state index in [9.17, 15) is 9.59 Å². The van der Waals surface area contributed by atoms with Gasteiger partial charge in [0.1, 0.15) is 11.5 Å². The van der Waals surface area contributed by atoms with Crippen molar-refractivity contribution in [2.45, 2.75) is 51.4 Å². The summed E-state index contributed by atoms with van der Waals surface area (Å²) in [6, 6.07) is 15.5. The Morgan fingerprint density at radius 2 is 1.30 bits per heavy atom. The van der Waals surface area contributed by atoms with E-state index in [4.69, 9.17) is 14.9 Å². The number of benzene rings is 2. The summed E-state index contributed by atoms with van der Waals surface area (Å²) in [6.45, 7) is 0. The van der Waals surface area contributed by atoms with Crippen LogP contribution in [0.15, 0.2) is 48.5 Å². The molecule has 144 valence electrons. The SMILES string of the molecule is O=C(O)CCCCc1ccc(Oc2ccccc2)cc1CCCCC(=O)O. The van der Waals surface area contributed by atoms with Gasteiger partial charge in [-0.15, -0.1) is 0 Å². The Morgan fingerprint density at radius 1 is 0.704 bits per heavy atom. The van der Waals surface area contributed by atoms with Crippen LogP contribution in [0.5, 0.6) is 11.5 Å². The molecule has 2 aromatic rings. The van der Waals surface area contributed by atoms with Crippen molar-refractivity contribution < 1.29 is 24.5 Å². The molecule has 2 N–H and O–H groups in total. The summed E-state index contributed by atoms with van der Waals surface area (Å²) in [6.07, 6.45) is 4.85. The maximum absolute atomic E-state index is 10.7. The molecule has 2 aromatic carbocycles. The highest BCUT2D eigenvalue weighted by Gasteiger charge is 2.08. The fraction of sp³-hybridized carbons (Fsp3) is 0.364. The van der Waals surface area contributed by atoms with Crippen molar-refractivity contribution >= 4 is 11.9 Å². The van der Waals surface area contributed by atoms with Gasteiger partial charge in [-0.05, 0) is 73.9 Å². The third-order valence-corrected chi connectivity index (χ3v) is 4.33. The van der Waals surface area contributed by atoms with E-state index in [0.717, 1.165) is 42.7 Å². The Labute approximate surface area is 159 Å². The van der Waals surface area contributed by atoms with Gasteiger partial charge in [0.05, 0.1) is 0 Å². The van der Waals surface area contributed by atoms with Gasteiger partial charge in [0.2, 0.25) is 0 Å². The normalized spacial score (nSPS) is 10.5. The average Bonchev–Trinajstić information content (AvgIpc) is 2.64.